The van der Waals surface area contributed by atoms with E-state index in [9.17, 15) is 0 Å². The van der Waals surface area contributed by atoms with Crippen LogP contribution in [0.1, 0.15) is 24.8 Å². The Labute approximate surface area is 107 Å². The Balaban J connectivity index is 2.11. The summed E-state index contributed by atoms with van der Waals surface area (Å²) in [5.41, 5.74) is 1.20. The van der Waals surface area contributed by atoms with Crippen molar-refractivity contribution in [1.82, 2.24) is 10.3 Å². The molecule has 16 heavy (non-hydrogen) atoms. The fraction of sp³-hybridized carbons (Fsp3) is 0.417. The molecule has 2 heterocycles. The number of fused-ring (bicyclic) bond motifs is 1. The summed E-state index contributed by atoms with van der Waals surface area (Å²) in [7, 11) is 0. The second-order valence-electron chi connectivity index (χ2n) is 4.49. The van der Waals surface area contributed by atoms with Crippen molar-refractivity contribution in [3.05, 3.63) is 27.7 Å². The van der Waals surface area contributed by atoms with Crippen LogP contribution in [-0.2, 0) is 5.54 Å². The molecule has 1 saturated heterocycles. The summed E-state index contributed by atoms with van der Waals surface area (Å²) in [5, 5.41) is 4.78. The summed E-state index contributed by atoms with van der Waals surface area (Å²) in [6, 6.07) is 6.28. The van der Waals surface area contributed by atoms with Gasteiger partial charge in [-0.3, -0.25) is 0 Å². The van der Waals surface area contributed by atoms with Crippen molar-refractivity contribution in [3.63, 3.8) is 0 Å². The van der Waals surface area contributed by atoms with Crippen molar-refractivity contribution in [2.45, 2.75) is 25.3 Å². The second kappa shape index (κ2) is 3.79. The van der Waals surface area contributed by atoms with Crippen molar-refractivity contribution in [1.29, 1.82) is 0 Å². The van der Waals surface area contributed by atoms with E-state index in [-0.39, 0.29) is 5.54 Å². The van der Waals surface area contributed by atoms with Gasteiger partial charge >= 0.3 is 0 Å². The molecule has 1 aromatic heterocycles. The molecule has 2 nitrogen and oxygen atoms in total. The molecule has 1 fully saturated rings. The normalized spacial score (nSPS) is 25.4. The molecule has 3 rings (SSSR count). The lowest BCUT2D eigenvalue weighted by molar-refractivity contribution is 0.433. The van der Waals surface area contributed by atoms with Crippen LogP contribution in [0.3, 0.4) is 0 Å². The van der Waals surface area contributed by atoms with E-state index in [0.29, 0.717) is 0 Å². The van der Waals surface area contributed by atoms with Crippen LogP contribution < -0.4 is 5.32 Å². The van der Waals surface area contributed by atoms with E-state index in [4.69, 9.17) is 4.98 Å². The number of hydrogen-bond acceptors (Lipinski definition) is 3. The molecule has 0 saturated carbocycles. The standard InChI is InChI=1S/C12H13BrN2S/c1-12(5-2-6-14-12)11-15-9-4-3-8(13)7-10(9)16-11/h3-4,7,14H,2,5-6H2,1H3. The van der Waals surface area contributed by atoms with E-state index < -0.39 is 0 Å². The molecule has 1 aliphatic rings. The van der Waals surface area contributed by atoms with Gasteiger partial charge < -0.3 is 5.32 Å². The fourth-order valence-corrected chi connectivity index (χ4v) is 3.88. The van der Waals surface area contributed by atoms with Gasteiger partial charge in [0.05, 0.1) is 15.8 Å². The minimum absolute atomic E-state index is 0.0934. The van der Waals surface area contributed by atoms with Gasteiger partial charge in [0.15, 0.2) is 0 Å². The molecule has 2 aromatic rings. The topological polar surface area (TPSA) is 24.9 Å². The van der Waals surface area contributed by atoms with E-state index in [1.54, 1.807) is 11.3 Å². The van der Waals surface area contributed by atoms with Crippen molar-refractivity contribution >= 4 is 37.5 Å². The summed E-state index contributed by atoms with van der Waals surface area (Å²) in [6.07, 6.45) is 2.43. The number of halogens is 1. The maximum Gasteiger partial charge on any atom is 0.114 e. The Kier molecular flexibility index (Phi) is 2.53. The Morgan fingerprint density at radius 2 is 2.38 bits per heavy atom. The van der Waals surface area contributed by atoms with Crippen LogP contribution in [0.25, 0.3) is 10.2 Å². The predicted octanol–water partition coefficient (Wildman–Crippen LogP) is 3.66. The van der Waals surface area contributed by atoms with Gasteiger partial charge in [-0.05, 0) is 44.5 Å². The van der Waals surface area contributed by atoms with Gasteiger partial charge in [-0.25, -0.2) is 4.98 Å². The molecule has 4 heteroatoms. The summed E-state index contributed by atoms with van der Waals surface area (Å²) < 4.78 is 2.39. The van der Waals surface area contributed by atoms with Crippen LogP contribution in [0.2, 0.25) is 0 Å². The summed E-state index contributed by atoms with van der Waals surface area (Å²) >= 11 is 5.31. The van der Waals surface area contributed by atoms with Gasteiger partial charge in [-0.15, -0.1) is 11.3 Å². The highest BCUT2D eigenvalue weighted by atomic mass is 79.9. The van der Waals surface area contributed by atoms with Gasteiger partial charge in [-0.1, -0.05) is 15.9 Å². The first-order chi connectivity index (χ1) is 7.67. The lowest BCUT2D eigenvalue weighted by Crippen LogP contribution is -2.32. The molecule has 0 spiro atoms. The first-order valence-corrected chi connectivity index (χ1v) is 7.10. The van der Waals surface area contributed by atoms with E-state index in [0.717, 1.165) is 16.5 Å². The molecule has 1 aliphatic heterocycles. The third-order valence-electron chi connectivity index (χ3n) is 3.19. The molecule has 1 aromatic carbocycles. The maximum absolute atomic E-state index is 4.74. The molecule has 1 atom stereocenters. The van der Waals surface area contributed by atoms with Crippen LogP contribution in [-0.4, -0.2) is 11.5 Å². The number of aromatic nitrogens is 1. The molecule has 84 valence electrons. The minimum atomic E-state index is 0.0934. The fourth-order valence-electron chi connectivity index (χ4n) is 2.21. The minimum Gasteiger partial charge on any atom is -0.306 e. The highest BCUT2D eigenvalue weighted by Crippen LogP contribution is 2.36. The highest BCUT2D eigenvalue weighted by Gasteiger charge is 2.33. The molecular formula is C12H13BrN2S. The van der Waals surface area contributed by atoms with Crippen molar-refractivity contribution in [2.24, 2.45) is 0 Å². The smallest absolute Gasteiger partial charge is 0.114 e. The Morgan fingerprint density at radius 3 is 3.12 bits per heavy atom. The third-order valence-corrected chi connectivity index (χ3v) is 4.97. The average Bonchev–Trinajstić information content (AvgIpc) is 2.84. The van der Waals surface area contributed by atoms with Crippen LogP contribution in [0.4, 0.5) is 0 Å². The molecule has 1 unspecified atom stereocenters. The molecule has 0 aliphatic carbocycles. The zero-order chi connectivity index (χ0) is 11.2. The van der Waals surface area contributed by atoms with Crippen LogP contribution in [0.15, 0.2) is 22.7 Å². The van der Waals surface area contributed by atoms with Gasteiger partial charge in [0.25, 0.3) is 0 Å². The number of nitrogens with one attached hydrogen (secondary N) is 1. The summed E-state index contributed by atoms with van der Waals surface area (Å²) in [5.74, 6) is 0. The third kappa shape index (κ3) is 1.69. The van der Waals surface area contributed by atoms with Gasteiger partial charge in [-0.2, -0.15) is 0 Å². The molecule has 0 radical (unpaired) electrons. The number of thiazole rings is 1. The Bertz CT molecular complexity index is 529. The quantitative estimate of drug-likeness (QED) is 0.869. The number of rotatable bonds is 1. The van der Waals surface area contributed by atoms with Gasteiger partial charge in [0.1, 0.15) is 5.01 Å². The number of hydrogen-bond donors (Lipinski definition) is 1. The van der Waals surface area contributed by atoms with Crippen LogP contribution in [0, 0.1) is 0 Å². The zero-order valence-corrected chi connectivity index (χ0v) is 11.5. The SMILES string of the molecule is CC1(c2nc3ccc(Br)cc3s2)CCCN1. The zero-order valence-electron chi connectivity index (χ0n) is 9.09. The maximum atomic E-state index is 4.74. The Hall–Kier alpha value is -0.450. The van der Waals surface area contributed by atoms with Gasteiger partial charge in [0.2, 0.25) is 0 Å². The van der Waals surface area contributed by atoms with Crippen LogP contribution in [0.5, 0.6) is 0 Å². The largest absolute Gasteiger partial charge is 0.306 e. The molecule has 0 amide bonds. The molecular weight excluding hydrogens is 284 g/mol. The first-order valence-electron chi connectivity index (χ1n) is 5.49. The number of benzene rings is 1. The van der Waals surface area contributed by atoms with Crippen molar-refractivity contribution in [3.8, 4) is 0 Å². The predicted molar refractivity (Wildman–Crippen MR) is 71.9 cm³/mol. The monoisotopic (exact) mass is 296 g/mol. The van der Waals surface area contributed by atoms with Gasteiger partial charge in [0, 0.05) is 4.47 Å². The average molecular weight is 297 g/mol. The Morgan fingerprint density at radius 1 is 1.50 bits per heavy atom. The summed E-state index contributed by atoms with van der Waals surface area (Å²) in [6.45, 7) is 3.36. The second-order valence-corrected chi connectivity index (χ2v) is 6.44. The van der Waals surface area contributed by atoms with E-state index in [1.807, 2.05) is 0 Å². The lowest BCUT2D eigenvalue weighted by atomic mass is 10.0. The highest BCUT2D eigenvalue weighted by molar-refractivity contribution is 9.10. The molecule has 0 bridgehead atoms. The lowest BCUT2D eigenvalue weighted by Gasteiger charge is -2.20. The number of nitrogens with zero attached hydrogens (tertiary/aromatic N) is 1. The summed E-state index contributed by atoms with van der Waals surface area (Å²) in [4.78, 5) is 4.74. The van der Waals surface area contributed by atoms with Crippen molar-refractivity contribution < 1.29 is 0 Å². The molecule has 1 N–H and O–H groups in total. The van der Waals surface area contributed by atoms with E-state index in [1.165, 1.54) is 22.5 Å². The van der Waals surface area contributed by atoms with E-state index >= 15 is 0 Å². The van der Waals surface area contributed by atoms with Crippen LogP contribution >= 0.6 is 27.3 Å². The van der Waals surface area contributed by atoms with Crippen molar-refractivity contribution in [2.75, 3.05) is 6.54 Å². The van der Waals surface area contributed by atoms with E-state index in [2.05, 4.69) is 46.4 Å². The first kappa shape index (κ1) is 10.7.